The highest BCUT2D eigenvalue weighted by molar-refractivity contribution is 6.02. The summed E-state index contributed by atoms with van der Waals surface area (Å²) in [6.45, 7) is 3.02. The van der Waals surface area contributed by atoms with E-state index in [4.69, 9.17) is 10.5 Å². The van der Waals surface area contributed by atoms with Crippen LogP contribution in [0.25, 0.3) is 10.9 Å². The van der Waals surface area contributed by atoms with E-state index >= 15 is 0 Å². The molecule has 2 aliphatic carbocycles. The second-order valence-electron chi connectivity index (χ2n) is 10.4. The smallest absolute Gasteiger partial charge is 0.239 e. The van der Waals surface area contributed by atoms with Crippen molar-refractivity contribution >= 4 is 22.8 Å². The summed E-state index contributed by atoms with van der Waals surface area (Å²) in [6.07, 6.45) is 8.56. The van der Waals surface area contributed by atoms with E-state index in [1.165, 1.54) is 42.6 Å². The van der Waals surface area contributed by atoms with Gasteiger partial charge in [-0.1, -0.05) is 42.8 Å². The van der Waals surface area contributed by atoms with Gasteiger partial charge in [-0.25, -0.2) is 0 Å². The topological polar surface area (TPSA) is 74.0 Å². The summed E-state index contributed by atoms with van der Waals surface area (Å²) in [7, 11) is 1.67. The lowest BCUT2D eigenvalue weighted by molar-refractivity contribution is -0.131. The maximum absolute atomic E-state index is 13.5. The van der Waals surface area contributed by atoms with Gasteiger partial charge in [0, 0.05) is 25.2 Å². The first kappa shape index (κ1) is 20.5. The van der Waals surface area contributed by atoms with Crippen LogP contribution < -0.4 is 5.32 Å². The third kappa shape index (κ3) is 3.43. The number of likely N-dealkylation sites (N-methyl/N-ethyl adjacent to an activating group) is 1. The first-order valence-corrected chi connectivity index (χ1v) is 12.1. The molecule has 0 bridgehead atoms. The summed E-state index contributed by atoms with van der Waals surface area (Å²) in [4.78, 5) is 14.9. The van der Waals surface area contributed by atoms with Crippen LogP contribution in [0, 0.1) is 11.3 Å². The lowest BCUT2D eigenvalue weighted by atomic mass is 9.73. The molecule has 2 aromatic carbocycles. The molecule has 2 saturated carbocycles. The second-order valence-corrected chi connectivity index (χ2v) is 10.4. The van der Waals surface area contributed by atoms with Crippen LogP contribution in [0.4, 0.5) is 0 Å². The first-order valence-electron chi connectivity index (χ1n) is 12.1. The van der Waals surface area contributed by atoms with E-state index in [9.17, 15) is 4.79 Å². The predicted molar refractivity (Wildman–Crippen MR) is 129 cm³/mol. The summed E-state index contributed by atoms with van der Waals surface area (Å²) in [5, 5.41) is 17.8. The first-order chi connectivity index (χ1) is 15.9. The number of carbonyl (C=O) groups is 1. The van der Waals surface area contributed by atoms with Gasteiger partial charge in [0.2, 0.25) is 5.91 Å². The highest BCUT2D eigenvalue weighted by atomic mass is 16.2. The molecule has 0 unspecified atom stereocenters. The van der Waals surface area contributed by atoms with Gasteiger partial charge in [-0.05, 0) is 67.2 Å². The molecule has 6 rings (SSSR count). The predicted octanol–water partition coefficient (Wildman–Crippen LogP) is 4.71. The minimum atomic E-state index is -0.742. The highest BCUT2D eigenvalue weighted by Gasteiger charge is 2.48. The van der Waals surface area contributed by atoms with E-state index in [0.717, 1.165) is 34.5 Å². The highest BCUT2D eigenvalue weighted by Crippen LogP contribution is 2.44. The maximum Gasteiger partial charge on any atom is 0.239 e. The Morgan fingerprint density at radius 1 is 1.09 bits per heavy atom. The summed E-state index contributed by atoms with van der Waals surface area (Å²) in [5.41, 5.74) is 3.51. The third-order valence-corrected chi connectivity index (χ3v) is 8.01. The molecule has 2 heterocycles. The number of benzene rings is 2. The number of fused-ring (bicyclic) bond motifs is 1. The maximum atomic E-state index is 13.5. The number of guanidine groups is 1. The lowest BCUT2D eigenvalue weighted by Crippen LogP contribution is -2.62. The number of rotatable bonds is 5. The van der Waals surface area contributed by atoms with E-state index in [1.807, 2.05) is 6.92 Å². The van der Waals surface area contributed by atoms with Gasteiger partial charge in [0.05, 0.1) is 17.0 Å². The van der Waals surface area contributed by atoms with Gasteiger partial charge in [-0.15, -0.1) is 0 Å². The van der Waals surface area contributed by atoms with Gasteiger partial charge in [-0.3, -0.25) is 19.8 Å². The van der Waals surface area contributed by atoms with Crippen LogP contribution in [-0.2, 0) is 16.9 Å². The molecule has 3 aromatic rings. The standard InChI is InChI=1S/C27H31N5O/c1-27(22-13-12-21-16-32(30-23(21)14-22)15-17-4-3-5-17)24(25(33)31(2)26(28)29-27)20-10-8-19(9-11-20)18-6-7-18/h8-14,16-18,24H,3-7,15H2,1-2H3,(H2,28,29)/t24-,27+/m0/s1. The van der Waals surface area contributed by atoms with E-state index < -0.39 is 11.5 Å². The van der Waals surface area contributed by atoms with Crippen molar-refractivity contribution in [2.45, 2.75) is 62.9 Å². The normalized spacial score (nSPS) is 25.9. The Bertz CT molecular complexity index is 1240. The van der Waals surface area contributed by atoms with Gasteiger partial charge in [0.15, 0.2) is 5.96 Å². The number of hydrogen-bond acceptors (Lipinski definition) is 3. The van der Waals surface area contributed by atoms with Gasteiger partial charge >= 0.3 is 0 Å². The monoisotopic (exact) mass is 441 g/mol. The van der Waals surface area contributed by atoms with Crippen LogP contribution in [0.5, 0.6) is 0 Å². The fraction of sp³-hybridized carbons (Fsp3) is 0.444. The average molecular weight is 442 g/mol. The van der Waals surface area contributed by atoms with Crippen molar-refractivity contribution in [1.29, 1.82) is 5.41 Å². The van der Waals surface area contributed by atoms with Crippen LogP contribution in [0.1, 0.15) is 67.6 Å². The zero-order valence-corrected chi connectivity index (χ0v) is 19.3. The van der Waals surface area contributed by atoms with Crippen LogP contribution >= 0.6 is 0 Å². The molecule has 3 fully saturated rings. The summed E-state index contributed by atoms with van der Waals surface area (Å²) < 4.78 is 2.07. The number of hydrogen-bond donors (Lipinski definition) is 2. The molecular weight excluding hydrogens is 410 g/mol. The van der Waals surface area contributed by atoms with Crippen LogP contribution in [0.2, 0.25) is 0 Å². The Balaban J connectivity index is 1.39. The van der Waals surface area contributed by atoms with Crippen LogP contribution in [-0.4, -0.2) is 33.6 Å². The Kier molecular flexibility index (Phi) is 4.61. The average Bonchev–Trinajstić information content (AvgIpc) is 3.54. The molecule has 1 aromatic heterocycles. The number of amides is 1. The van der Waals surface area contributed by atoms with E-state index in [2.05, 4.69) is 58.7 Å². The van der Waals surface area contributed by atoms with E-state index in [-0.39, 0.29) is 11.9 Å². The molecule has 0 spiro atoms. The summed E-state index contributed by atoms with van der Waals surface area (Å²) in [6, 6.07) is 14.8. The molecule has 1 saturated heterocycles. The van der Waals surface area contributed by atoms with E-state index in [0.29, 0.717) is 5.92 Å². The van der Waals surface area contributed by atoms with Crippen LogP contribution in [0.3, 0.4) is 0 Å². The minimum Gasteiger partial charge on any atom is -0.346 e. The van der Waals surface area contributed by atoms with Crippen molar-refractivity contribution in [3.8, 4) is 0 Å². The van der Waals surface area contributed by atoms with Crippen molar-refractivity contribution in [3.63, 3.8) is 0 Å². The summed E-state index contributed by atoms with van der Waals surface area (Å²) >= 11 is 0. The molecule has 33 heavy (non-hydrogen) atoms. The molecule has 170 valence electrons. The fourth-order valence-corrected chi connectivity index (χ4v) is 5.47. The molecule has 2 atom stereocenters. The van der Waals surface area contributed by atoms with Gasteiger partial charge in [-0.2, -0.15) is 5.10 Å². The molecule has 1 aliphatic heterocycles. The number of carbonyl (C=O) groups excluding carboxylic acids is 1. The van der Waals surface area contributed by atoms with Crippen molar-refractivity contribution in [2.24, 2.45) is 5.92 Å². The summed E-state index contributed by atoms with van der Waals surface area (Å²) in [5.74, 6) is 1.06. The number of aromatic nitrogens is 2. The Labute approximate surface area is 194 Å². The lowest BCUT2D eigenvalue weighted by Gasteiger charge is -2.46. The van der Waals surface area contributed by atoms with Crippen molar-refractivity contribution < 1.29 is 4.79 Å². The number of nitrogens with zero attached hydrogens (tertiary/aromatic N) is 3. The largest absolute Gasteiger partial charge is 0.346 e. The Morgan fingerprint density at radius 2 is 1.82 bits per heavy atom. The Morgan fingerprint density at radius 3 is 2.48 bits per heavy atom. The molecular formula is C27H31N5O. The van der Waals surface area contributed by atoms with Crippen molar-refractivity contribution in [1.82, 2.24) is 20.0 Å². The van der Waals surface area contributed by atoms with Gasteiger partial charge < -0.3 is 5.32 Å². The number of nitrogens with one attached hydrogen (secondary N) is 2. The molecule has 0 radical (unpaired) electrons. The van der Waals surface area contributed by atoms with Crippen molar-refractivity contribution in [3.05, 3.63) is 65.4 Å². The quantitative estimate of drug-likeness (QED) is 0.602. The molecule has 6 heteroatoms. The second kappa shape index (κ2) is 7.44. The zero-order chi connectivity index (χ0) is 22.7. The zero-order valence-electron chi connectivity index (χ0n) is 19.3. The van der Waals surface area contributed by atoms with E-state index in [1.54, 1.807) is 7.05 Å². The van der Waals surface area contributed by atoms with Gasteiger partial charge in [0.25, 0.3) is 0 Å². The Hall–Kier alpha value is -3.15. The fourth-order valence-electron chi connectivity index (χ4n) is 5.47. The molecule has 3 aliphatic rings. The molecule has 2 N–H and O–H groups in total. The minimum absolute atomic E-state index is 0.0592. The van der Waals surface area contributed by atoms with Gasteiger partial charge in [0.1, 0.15) is 0 Å². The third-order valence-electron chi connectivity index (χ3n) is 8.01. The SMILES string of the molecule is CN1C(=N)N[C@](C)(c2ccc3cn(CC4CCC4)nc3c2)[C@@H](c2ccc(C3CC3)cc2)C1=O. The molecule has 6 nitrogen and oxygen atoms in total. The molecule has 1 amide bonds. The van der Waals surface area contributed by atoms with Crippen molar-refractivity contribution in [2.75, 3.05) is 7.05 Å². The van der Waals surface area contributed by atoms with Crippen LogP contribution in [0.15, 0.2) is 48.7 Å².